The lowest BCUT2D eigenvalue weighted by atomic mass is 9.77. The van der Waals surface area contributed by atoms with E-state index in [0.717, 1.165) is 18.4 Å². The summed E-state index contributed by atoms with van der Waals surface area (Å²) in [6.07, 6.45) is 9.66. The van der Waals surface area contributed by atoms with Crippen LogP contribution in [0, 0.1) is 11.8 Å². The van der Waals surface area contributed by atoms with Crippen LogP contribution in [0.5, 0.6) is 0 Å². The van der Waals surface area contributed by atoms with Gasteiger partial charge in [0.15, 0.2) is 0 Å². The van der Waals surface area contributed by atoms with E-state index in [1.54, 1.807) is 0 Å². The highest BCUT2D eigenvalue weighted by atomic mass is 15.2. The van der Waals surface area contributed by atoms with Gasteiger partial charge in [-0.25, -0.2) is 0 Å². The molecule has 100 valence electrons. The molecule has 2 aliphatic rings. The average Bonchev–Trinajstić information content (AvgIpc) is 2.39. The molecule has 0 amide bonds. The van der Waals surface area contributed by atoms with Gasteiger partial charge in [-0.3, -0.25) is 4.90 Å². The summed E-state index contributed by atoms with van der Waals surface area (Å²) in [6, 6.07) is 0. The minimum Gasteiger partial charge on any atom is -0.329 e. The summed E-state index contributed by atoms with van der Waals surface area (Å²) in [4.78, 5) is 2.74. The molecular weight excluding hydrogens is 208 g/mol. The van der Waals surface area contributed by atoms with Crippen molar-refractivity contribution in [1.82, 2.24) is 4.90 Å². The van der Waals surface area contributed by atoms with Crippen LogP contribution in [0.15, 0.2) is 0 Å². The van der Waals surface area contributed by atoms with Gasteiger partial charge in [0.2, 0.25) is 0 Å². The topological polar surface area (TPSA) is 29.3 Å². The van der Waals surface area contributed by atoms with Crippen molar-refractivity contribution in [2.75, 3.05) is 19.6 Å². The van der Waals surface area contributed by atoms with Crippen molar-refractivity contribution in [2.24, 2.45) is 17.6 Å². The quantitative estimate of drug-likeness (QED) is 0.819. The highest BCUT2D eigenvalue weighted by Crippen LogP contribution is 2.36. The molecule has 0 radical (unpaired) electrons. The maximum Gasteiger partial charge on any atom is 0.0331 e. The van der Waals surface area contributed by atoms with E-state index in [0.29, 0.717) is 5.54 Å². The summed E-state index contributed by atoms with van der Waals surface area (Å²) in [5.41, 5.74) is 6.50. The molecule has 1 heterocycles. The number of piperidine rings is 1. The van der Waals surface area contributed by atoms with Gasteiger partial charge < -0.3 is 5.73 Å². The molecule has 2 rings (SSSR count). The van der Waals surface area contributed by atoms with Crippen LogP contribution < -0.4 is 5.73 Å². The minimum atomic E-state index is 0.375. The molecule has 0 spiro atoms. The third-order valence-corrected chi connectivity index (χ3v) is 5.32. The number of nitrogens with two attached hydrogens (primary N) is 1. The molecule has 1 aliphatic heterocycles. The van der Waals surface area contributed by atoms with E-state index in [4.69, 9.17) is 5.73 Å². The molecule has 1 aliphatic carbocycles. The largest absolute Gasteiger partial charge is 0.329 e. The normalized spacial score (nSPS) is 27.5. The third-order valence-electron chi connectivity index (χ3n) is 5.32. The molecule has 0 aromatic rings. The first kappa shape index (κ1) is 13.4. The molecule has 17 heavy (non-hydrogen) atoms. The molecule has 0 bridgehead atoms. The van der Waals surface area contributed by atoms with Crippen molar-refractivity contribution in [3.05, 3.63) is 0 Å². The Morgan fingerprint density at radius 3 is 2.18 bits per heavy atom. The second kappa shape index (κ2) is 5.71. The Hall–Kier alpha value is -0.0800. The third kappa shape index (κ3) is 2.85. The zero-order valence-corrected chi connectivity index (χ0v) is 11.8. The van der Waals surface area contributed by atoms with Gasteiger partial charge in [-0.15, -0.1) is 0 Å². The van der Waals surface area contributed by atoms with Gasteiger partial charge in [0, 0.05) is 12.1 Å². The second-order valence-electron chi connectivity index (χ2n) is 6.56. The predicted molar refractivity (Wildman–Crippen MR) is 74.0 cm³/mol. The van der Waals surface area contributed by atoms with Crippen LogP contribution in [0.4, 0.5) is 0 Å². The maximum atomic E-state index is 6.12. The fourth-order valence-electron chi connectivity index (χ4n) is 3.90. The Labute approximate surface area is 107 Å². The van der Waals surface area contributed by atoms with E-state index in [-0.39, 0.29) is 0 Å². The molecule has 1 saturated carbocycles. The van der Waals surface area contributed by atoms with Crippen LogP contribution in [0.1, 0.15) is 58.8 Å². The van der Waals surface area contributed by atoms with Crippen LogP contribution in [0.25, 0.3) is 0 Å². The van der Waals surface area contributed by atoms with E-state index in [1.807, 2.05) is 0 Å². The summed E-state index contributed by atoms with van der Waals surface area (Å²) in [6.45, 7) is 8.21. The van der Waals surface area contributed by atoms with Gasteiger partial charge in [-0.1, -0.05) is 33.1 Å². The SMILES string of the molecule is CC(C)C1CCN(C2(CN)CCCCC2)CC1. The molecule has 2 heteroatoms. The van der Waals surface area contributed by atoms with E-state index >= 15 is 0 Å². The summed E-state index contributed by atoms with van der Waals surface area (Å²) in [7, 11) is 0. The molecule has 0 aromatic carbocycles. The highest BCUT2D eigenvalue weighted by molar-refractivity contribution is 4.95. The first-order valence-electron chi connectivity index (χ1n) is 7.63. The van der Waals surface area contributed by atoms with Crippen LogP contribution in [-0.2, 0) is 0 Å². The molecule has 2 nitrogen and oxygen atoms in total. The van der Waals surface area contributed by atoms with Gasteiger partial charge in [0.25, 0.3) is 0 Å². The van der Waals surface area contributed by atoms with Crippen molar-refractivity contribution in [1.29, 1.82) is 0 Å². The maximum absolute atomic E-state index is 6.12. The first-order chi connectivity index (χ1) is 8.18. The van der Waals surface area contributed by atoms with Crippen molar-refractivity contribution in [3.63, 3.8) is 0 Å². The molecular formula is C15H30N2. The Kier molecular flexibility index (Phi) is 4.48. The summed E-state index contributed by atoms with van der Waals surface area (Å²) < 4.78 is 0. The molecule has 0 unspecified atom stereocenters. The molecule has 2 N–H and O–H groups in total. The van der Waals surface area contributed by atoms with Gasteiger partial charge in [0.1, 0.15) is 0 Å². The molecule has 2 fully saturated rings. The van der Waals surface area contributed by atoms with Gasteiger partial charge in [0.05, 0.1) is 0 Å². The number of nitrogens with zero attached hydrogens (tertiary/aromatic N) is 1. The Balaban J connectivity index is 1.93. The van der Waals surface area contributed by atoms with Crippen LogP contribution in [0.2, 0.25) is 0 Å². The van der Waals surface area contributed by atoms with E-state index in [1.165, 1.54) is 58.0 Å². The summed E-state index contributed by atoms with van der Waals surface area (Å²) >= 11 is 0. The zero-order chi connectivity index (χ0) is 12.3. The number of likely N-dealkylation sites (tertiary alicyclic amines) is 1. The summed E-state index contributed by atoms with van der Waals surface area (Å²) in [5.74, 6) is 1.81. The minimum absolute atomic E-state index is 0.375. The van der Waals surface area contributed by atoms with E-state index in [2.05, 4.69) is 18.7 Å². The fourth-order valence-corrected chi connectivity index (χ4v) is 3.90. The van der Waals surface area contributed by atoms with Gasteiger partial charge in [-0.2, -0.15) is 0 Å². The molecule has 0 aromatic heterocycles. The molecule has 0 atom stereocenters. The number of hydrogen-bond acceptors (Lipinski definition) is 2. The van der Waals surface area contributed by atoms with Crippen molar-refractivity contribution < 1.29 is 0 Å². The van der Waals surface area contributed by atoms with E-state index < -0.39 is 0 Å². The Morgan fingerprint density at radius 1 is 1.12 bits per heavy atom. The van der Waals surface area contributed by atoms with Crippen molar-refractivity contribution in [3.8, 4) is 0 Å². The van der Waals surface area contributed by atoms with Crippen LogP contribution in [-0.4, -0.2) is 30.1 Å². The van der Waals surface area contributed by atoms with Crippen molar-refractivity contribution in [2.45, 2.75) is 64.3 Å². The average molecular weight is 238 g/mol. The predicted octanol–water partition coefficient (Wildman–Crippen LogP) is 3.02. The Bertz CT molecular complexity index is 223. The lowest BCUT2D eigenvalue weighted by Crippen LogP contribution is -2.57. The Morgan fingerprint density at radius 2 is 1.71 bits per heavy atom. The monoisotopic (exact) mass is 238 g/mol. The van der Waals surface area contributed by atoms with E-state index in [9.17, 15) is 0 Å². The van der Waals surface area contributed by atoms with Crippen molar-refractivity contribution >= 4 is 0 Å². The lowest BCUT2D eigenvalue weighted by molar-refractivity contribution is 0.0201. The smallest absolute Gasteiger partial charge is 0.0331 e. The first-order valence-corrected chi connectivity index (χ1v) is 7.63. The second-order valence-corrected chi connectivity index (χ2v) is 6.56. The highest BCUT2D eigenvalue weighted by Gasteiger charge is 2.38. The lowest BCUT2D eigenvalue weighted by Gasteiger charge is -2.49. The zero-order valence-electron chi connectivity index (χ0n) is 11.8. The number of rotatable bonds is 3. The van der Waals surface area contributed by atoms with Crippen LogP contribution in [0.3, 0.4) is 0 Å². The molecule has 1 saturated heterocycles. The number of hydrogen-bond donors (Lipinski definition) is 1. The van der Waals surface area contributed by atoms with Crippen LogP contribution >= 0.6 is 0 Å². The standard InChI is InChI=1S/C15H30N2/c1-13(2)14-6-10-17(11-7-14)15(12-16)8-4-3-5-9-15/h13-14H,3-12,16H2,1-2H3. The fraction of sp³-hybridized carbons (Fsp3) is 1.00. The summed E-state index contributed by atoms with van der Waals surface area (Å²) in [5, 5.41) is 0. The van der Waals surface area contributed by atoms with Gasteiger partial charge >= 0.3 is 0 Å². The van der Waals surface area contributed by atoms with Gasteiger partial charge in [-0.05, 0) is 50.6 Å².